The van der Waals surface area contributed by atoms with Gasteiger partial charge in [0.25, 0.3) is 0 Å². The minimum absolute atomic E-state index is 0.00911. The highest BCUT2D eigenvalue weighted by molar-refractivity contribution is 5.02. The molecule has 0 saturated carbocycles. The fraction of sp³-hybridized carbons (Fsp3) is 0.727. The molecule has 0 aliphatic carbocycles. The smallest absolute Gasteiger partial charge is 0.223 e. The van der Waals surface area contributed by atoms with Gasteiger partial charge in [0.05, 0.1) is 12.8 Å². The van der Waals surface area contributed by atoms with Gasteiger partial charge < -0.3 is 14.3 Å². The molecular weight excluding hydrogens is 194 g/mol. The molecule has 1 N–H and O–H groups in total. The first kappa shape index (κ1) is 10.6. The van der Waals surface area contributed by atoms with Crippen molar-refractivity contribution >= 4 is 0 Å². The predicted octanol–water partition coefficient (Wildman–Crippen LogP) is 2.01. The summed E-state index contributed by atoms with van der Waals surface area (Å²) < 4.78 is 11.2. The van der Waals surface area contributed by atoms with E-state index in [4.69, 9.17) is 14.3 Å². The van der Waals surface area contributed by atoms with Crippen LogP contribution in [-0.2, 0) is 4.74 Å². The van der Waals surface area contributed by atoms with E-state index in [2.05, 4.69) is 4.98 Å². The van der Waals surface area contributed by atoms with Crippen LogP contribution in [0.3, 0.4) is 0 Å². The molecule has 0 amide bonds. The third-order valence-electron chi connectivity index (χ3n) is 2.76. The molecule has 1 aliphatic heterocycles. The van der Waals surface area contributed by atoms with Gasteiger partial charge in [-0.25, -0.2) is 4.98 Å². The average molecular weight is 211 g/mol. The molecule has 0 bridgehead atoms. The van der Waals surface area contributed by atoms with E-state index in [1.807, 2.05) is 6.92 Å². The summed E-state index contributed by atoms with van der Waals surface area (Å²) >= 11 is 0. The van der Waals surface area contributed by atoms with E-state index in [0.29, 0.717) is 5.89 Å². The zero-order valence-corrected chi connectivity index (χ0v) is 8.98. The van der Waals surface area contributed by atoms with Crippen molar-refractivity contribution in [2.24, 2.45) is 0 Å². The van der Waals surface area contributed by atoms with Crippen molar-refractivity contribution in [3.8, 4) is 0 Å². The van der Waals surface area contributed by atoms with Crippen LogP contribution < -0.4 is 0 Å². The number of hydrogen-bond donors (Lipinski definition) is 1. The van der Waals surface area contributed by atoms with E-state index in [1.165, 1.54) is 0 Å². The van der Waals surface area contributed by atoms with Crippen molar-refractivity contribution < 1.29 is 14.3 Å². The first-order valence-electron chi connectivity index (χ1n) is 5.49. The number of aliphatic hydroxyl groups excluding tert-OH is 1. The standard InChI is InChI=1S/C11H17NO3/c1-8(7-13)10-6-12-11(15-10)9-4-2-3-5-14-9/h6,8-9,13H,2-5,7H2,1H3. The largest absolute Gasteiger partial charge is 0.442 e. The van der Waals surface area contributed by atoms with Gasteiger partial charge in [0.2, 0.25) is 5.89 Å². The lowest BCUT2D eigenvalue weighted by molar-refractivity contribution is -0.00236. The van der Waals surface area contributed by atoms with Crippen LogP contribution in [-0.4, -0.2) is 23.3 Å². The Morgan fingerprint density at radius 3 is 3.13 bits per heavy atom. The van der Waals surface area contributed by atoms with E-state index >= 15 is 0 Å². The predicted molar refractivity (Wildman–Crippen MR) is 54.5 cm³/mol. The number of ether oxygens (including phenoxy) is 1. The normalized spacial score (nSPS) is 24.0. The first-order valence-corrected chi connectivity index (χ1v) is 5.49. The summed E-state index contributed by atoms with van der Waals surface area (Å²) in [5.74, 6) is 1.40. The van der Waals surface area contributed by atoms with Crippen molar-refractivity contribution in [1.29, 1.82) is 0 Å². The molecule has 4 heteroatoms. The summed E-state index contributed by atoms with van der Waals surface area (Å²) in [4.78, 5) is 4.21. The van der Waals surface area contributed by atoms with Crippen LogP contribution in [0.5, 0.6) is 0 Å². The zero-order chi connectivity index (χ0) is 10.7. The maximum absolute atomic E-state index is 8.99. The maximum atomic E-state index is 8.99. The Balaban J connectivity index is 2.05. The molecule has 1 saturated heterocycles. The number of aromatic nitrogens is 1. The van der Waals surface area contributed by atoms with E-state index in [1.54, 1.807) is 6.20 Å². The lowest BCUT2D eigenvalue weighted by Crippen LogP contribution is -2.11. The Bertz CT molecular complexity index is 305. The highest BCUT2D eigenvalue weighted by atomic mass is 16.5. The van der Waals surface area contributed by atoms with Crippen LogP contribution in [0, 0.1) is 0 Å². The molecule has 2 atom stereocenters. The van der Waals surface area contributed by atoms with Crippen molar-refractivity contribution in [1.82, 2.24) is 4.98 Å². The second-order valence-electron chi connectivity index (χ2n) is 4.04. The number of rotatable bonds is 3. The number of hydrogen-bond acceptors (Lipinski definition) is 4. The van der Waals surface area contributed by atoms with Crippen LogP contribution in [0.4, 0.5) is 0 Å². The first-order chi connectivity index (χ1) is 7.31. The van der Waals surface area contributed by atoms with Crippen molar-refractivity contribution in [3.63, 3.8) is 0 Å². The van der Waals surface area contributed by atoms with E-state index in [9.17, 15) is 0 Å². The van der Waals surface area contributed by atoms with Gasteiger partial charge in [0.1, 0.15) is 11.9 Å². The number of oxazole rings is 1. The van der Waals surface area contributed by atoms with Crippen LogP contribution in [0.25, 0.3) is 0 Å². The van der Waals surface area contributed by atoms with Crippen LogP contribution in [0.1, 0.15) is 49.9 Å². The Kier molecular flexibility index (Phi) is 3.38. The molecule has 1 fully saturated rings. The number of nitrogens with zero attached hydrogens (tertiary/aromatic N) is 1. The lowest BCUT2D eigenvalue weighted by Gasteiger charge is -2.19. The molecule has 84 valence electrons. The van der Waals surface area contributed by atoms with Crippen LogP contribution in [0.2, 0.25) is 0 Å². The molecule has 2 rings (SSSR count). The second kappa shape index (κ2) is 4.77. The van der Waals surface area contributed by atoms with Gasteiger partial charge in [-0.2, -0.15) is 0 Å². The van der Waals surface area contributed by atoms with E-state index in [-0.39, 0.29) is 18.6 Å². The summed E-state index contributed by atoms with van der Waals surface area (Å²) in [6.45, 7) is 2.78. The summed E-state index contributed by atoms with van der Waals surface area (Å²) in [5.41, 5.74) is 0. The molecule has 1 aliphatic rings. The monoisotopic (exact) mass is 211 g/mol. The van der Waals surface area contributed by atoms with Gasteiger partial charge in [0.15, 0.2) is 0 Å². The fourth-order valence-corrected chi connectivity index (χ4v) is 1.70. The molecule has 1 aromatic heterocycles. The second-order valence-corrected chi connectivity index (χ2v) is 4.04. The molecule has 2 heterocycles. The van der Waals surface area contributed by atoms with Crippen LogP contribution in [0.15, 0.2) is 10.6 Å². The molecule has 4 nitrogen and oxygen atoms in total. The molecule has 1 aromatic rings. The Morgan fingerprint density at radius 1 is 1.60 bits per heavy atom. The van der Waals surface area contributed by atoms with Gasteiger partial charge in [-0.3, -0.25) is 0 Å². The van der Waals surface area contributed by atoms with Gasteiger partial charge in [-0.15, -0.1) is 0 Å². The van der Waals surface area contributed by atoms with Gasteiger partial charge in [-0.1, -0.05) is 6.92 Å². The highest BCUT2D eigenvalue weighted by Crippen LogP contribution is 2.28. The summed E-state index contributed by atoms with van der Waals surface area (Å²) in [7, 11) is 0. The molecular formula is C11H17NO3. The van der Waals surface area contributed by atoms with E-state index in [0.717, 1.165) is 31.6 Å². The molecule has 0 spiro atoms. The Hall–Kier alpha value is -0.870. The minimum atomic E-state index is 0.00911. The van der Waals surface area contributed by atoms with Gasteiger partial charge >= 0.3 is 0 Å². The fourth-order valence-electron chi connectivity index (χ4n) is 1.70. The van der Waals surface area contributed by atoms with Crippen LogP contribution >= 0.6 is 0 Å². The SMILES string of the molecule is CC(CO)c1cnc(C2CCCCO2)o1. The van der Waals surface area contributed by atoms with Crippen molar-refractivity contribution in [2.75, 3.05) is 13.2 Å². The van der Waals surface area contributed by atoms with E-state index < -0.39 is 0 Å². The molecule has 15 heavy (non-hydrogen) atoms. The topological polar surface area (TPSA) is 55.5 Å². The molecule has 0 aromatic carbocycles. The van der Waals surface area contributed by atoms with Gasteiger partial charge in [0, 0.05) is 12.5 Å². The van der Waals surface area contributed by atoms with Gasteiger partial charge in [-0.05, 0) is 19.3 Å². The Labute approximate surface area is 89.3 Å². The maximum Gasteiger partial charge on any atom is 0.223 e. The quantitative estimate of drug-likeness (QED) is 0.831. The summed E-state index contributed by atoms with van der Waals surface area (Å²) in [6.07, 6.45) is 4.97. The summed E-state index contributed by atoms with van der Waals surface area (Å²) in [6, 6.07) is 0. The average Bonchev–Trinajstić information content (AvgIpc) is 2.78. The zero-order valence-electron chi connectivity index (χ0n) is 8.98. The van der Waals surface area contributed by atoms with Crippen molar-refractivity contribution in [3.05, 3.63) is 17.8 Å². The molecule has 2 unspecified atom stereocenters. The van der Waals surface area contributed by atoms with Crippen molar-refractivity contribution in [2.45, 2.75) is 38.2 Å². The third-order valence-corrected chi connectivity index (χ3v) is 2.76. The Morgan fingerprint density at radius 2 is 2.47 bits per heavy atom. The lowest BCUT2D eigenvalue weighted by atomic mass is 10.1. The minimum Gasteiger partial charge on any atom is -0.442 e. The highest BCUT2D eigenvalue weighted by Gasteiger charge is 2.22. The third kappa shape index (κ3) is 2.38. The number of aliphatic hydroxyl groups is 1. The molecule has 0 radical (unpaired) electrons. The summed E-state index contributed by atoms with van der Waals surface area (Å²) in [5, 5.41) is 8.99.